The maximum atomic E-state index is 12.7. The average Bonchev–Trinajstić information content (AvgIpc) is 3.34. The monoisotopic (exact) mass is 638 g/mol. The summed E-state index contributed by atoms with van der Waals surface area (Å²) in [5.74, 6) is 2.31. The van der Waals surface area contributed by atoms with Gasteiger partial charge in [0.15, 0.2) is 0 Å². The van der Waals surface area contributed by atoms with Crippen LogP contribution in [0.25, 0.3) is 0 Å². The van der Waals surface area contributed by atoms with Crippen molar-refractivity contribution in [2.45, 2.75) is 147 Å². The van der Waals surface area contributed by atoms with Gasteiger partial charge in [-0.25, -0.2) is 0 Å². The predicted molar refractivity (Wildman–Crippen MR) is 188 cm³/mol. The number of fused-ring (bicyclic) bond motifs is 5. The standard InChI is InChI=1S/C40H61ClNO3/c1-3-4-5-6-7-8-9-10-11-12-13-14-15-16-17-18-19-20-21-26-40(43)44-32-42(2)30-36-34-24-22-23-25-38(34)45-39-28-27-33(41)29-35(39)37(36)31-42/h22-25,27-29,36-37H,3-21,26,30-32H2,1-2H3/q+1. The molecule has 0 aromatic heterocycles. The molecule has 0 N–H and O–H groups in total. The zero-order valence-electron chi connectivity index (χ0n) is 28.5. The smallest absolute Gasteiger partial charge is 0.310 e. The lowest BCUT2D eigenvalue weighted by atomic mass is 9.84. The molecule has 4 nitrogen and oxygen atoms in total. The van der Waals surface area contributed by atoms with Crippen molar-refractivity contribution in [2.75, 3.05) is 26.9 Å². The normalized spacial score (nSPS) is 20.2. The van der Waals surface area contributed by atoms with Gasteiger partial charge in [0.05, 0.1) is 20.1 Å². The van der Waals surface area contributed by atoms with E-state index in [9.17, 15) is 4.79 Å². The minimum absolute atomic E-state index is 0.0550. The number of benzene rings is 2. The Hall–Kier alpha value is -2.04. The van der Waals surface area contributed by atoms with Crippen LogP contribution in [0.1, 0.15) is 158 Å². The summed E-state index contributed by atoms with van der Waals surface area (Å²) in [5, 5.41) is 0.731. The molecule has 0 radical (unpaired) electrons. The molecule has 3 unspecified atom stereocenters. The Bertz CT molecular complexity index is 1150. The molecular formula is C40H61ClNO3+. The summed E-state index contributed by atoms with van der Waals surface area (Å²) in [6, 6.07) is 14.3. The van der Waals surface area contributed by atoms with Gasteiger partial charge in [0.2, 0.25) is 6.73 Å². The Morgan fingerprint density at radius 3 is 1.78 bits per heavy atom. The SMILES string of the molecule is CCCCCCCCCCCCCCCCCCCCCC(=O)OC[N+]1(C)CC2c3ccccc3Oc3ccc(Cl)cc3C2C1. The third-order valence-corrected chi connectivity index (χ3v) is 10.4. The molecule has 0 bridgehead atoms. The highest BCUT2D eigenvalue weighted by atomic mass is 35.5. The van der Waals surface area contributed by atoms with Gasteiger partial charge >= 0.3 is 5.97 Å². The first-order chi connectivity index (χ1) is 22.0. The number of carbonyl (C=O) groups is 1. The molecule has 45 heavy (non-hydrogen) atoms. The van der Waals surface area contributed by atoms with E-state index < -0.39 is 0 Å². The second kappa shape index (κ2) is 19.6. The van der Waals surface area contributed by atoms with E-state index in [0.29, 0.717) is 23.6 Å². The molecule has 250 valence electrons. The van der Waals surface area contributed by atoms with E-state index in [4.69, 9.17) is 21.1 Å². The molecule has 2 aliphatic heterocycles. The first-order valence-corrected chi connectivity index (χ1v) is 18.9. The number of likely N-dealkylation sites (tertiary alicyclic amines) is 1. The van der Waals surface area contributed by atoms with E-state index in [1.54, 1.807) is 0 Å². The van der Waals surface area contributed by atoms with Crippen LogP contribution in [0.3, 0.4) is 0 Å². The second-order valence-electron chi connectivity index (χ2n) is 14.3. The second-order valence-corrected chi connectivity index (χ2v) is 14.7. The van der Waals surface area contributed by atoms with Crippen LogP contribution in [-0.4, -0.2) is 37.3 Å². The molecule has 1 fully saturated rings. The zero-order valence-corrected chi connectivity index (χ0v) is 29.3. The molecule has 2 aromatic rings. The number of hydrogen-bond acceptors (Lipinski definition) is 3. The maximum absolute atomic E-state index is 12.7. The Kier molecular flexibility index (Phi) is 15.6. The van der Waals surface area contributed by atoms with Gasteiger partial charge in [-0.1, -0.05) is 152 Å². The molecule has 2 heterocycles. The number of carbonyl (C=O) groups excluding carboxylic acids is 1. The minimum Gasteiger partial charge on any atom is -0.457 e. The number of hydrogen-bond donors (Lipinski definition) is 0. The van der Waals surface area contributed by atoms with Crippen molar-refractivity contribution in [3.8, 4) is 11.5 Å². The third kappa shape index (κ3) is 11.9. The van der Waals surface area contributed by atoms with Gasteiger partial charge < -0.3 is 9.47 Å². The van der Waals surface area contributed by atoms with Gasteiger partial charge in [0, 0.05) is 34.4 Å². The molecule has 0 saturated carbocycles. The summed E-state index contributed by atoms with van der Waals surface area (Å²) in [6.45, 7) is 4.51. The molecule has 3 atom stereocenters. The Balaban J connectivity index is 1.02. The first kappa shape index (κ1) is 35.8. The van der Waals surface area contributed by atoms with E-state index in [1.165, 1.54) is 115 Å². The van der Waals surface area contributed by atoms with Crippen molar-refractivity contribution < 1.29 is 18.8 Å². The van der Waals surface area contributed by atoms with Crippen LogP contribution in [0.15, 0.2) is 42.5 Å². The van der Waals surface area contributed by atoms with Crippen LogP contribution in [0.2, 0.25) is 5.02 Å². The first-order valence-electron chi connectivity index (χ1n) is 18.5. The molecule has 5 heteroatoms. The van der Waals surface area contributed by atoms with Gasteiger partial charge in [-0.2, -0.15) is 0 Å². The lowest BCUT2D eigenvalue weighted by Gasteiger charge is -2.29. The van der Waals surface area contributed by atoms with Crippen LogP contribution in [0.5, 0.6) is 11.5 Å². The number of rotatable bonds is 22. The van der Waals surface area contributed by atoms with Crippen LogP contribution in [0.4, 0.5) is 0 Å². The quantitative estimate of drug-likeness (QED) is 0.0731. The van der Waals surface area contributed by atoms with Gasteiger partial charge in [-0.15, -0.1) is 0 Å². The number of para-hydroxylation sites is 1. The van der Waals surface area contributed by atoms with Gasteiger partial charge in [0.1, 0.15) is 11.5 Å². The summed E-state index contributed by atoms with van der Waals surface area (Å²) in [5.41, 5.74) is 2.39. The number of ether oxygens (including phenoxy) is 2. The molecule has 2 aliphatic rings. The van der Waals surface area contributed by atoms with Crippen molar-refractivity contribution in [2.24, 2.45) is 0 Å². The lowest BCUT2D eigenvalue weighted by Crippen LogP contribution is -2.44. The highest BCUT2D eigenvalue weighted by Crippen LogP contribution is 2.51. The van der Waals surface area contributed by atoms with Crippen LogP contribution < -0.4 is 4.74 Å². The fourth-order valence-corrected chi connectivity index (χ4v) is 7.74. The number of quaternary nitrogens is 1. The number of unbranched alkanes of at least 4 members (excludes halogenated alkanes) is 18. The Morgan fingerprint density at radius 1 is 0.711 bits per heavy atom. The predicted octanol–water partition coefficient (Wildman–Crippen LogP) is 12.1. The van der Waals surface area contributed by atoms with Crippen LogP contribution >= 0.6 is 11.6 Å². The van der Waals surface area contributed by atoms with Crippen molar-refractivity contribution >= 4 is 17.6 Å². The molecule has 4 rings (SSSR count). The van der Waals surface area contributed by atoms with Gasteiger partial charge in [-0.05, 0) is 30.7 Å². The van der Waals surface area contributed by atoms with E-state index in [1.807, 2.05) is 18.2 Å². The van der Waals surface area contributed by atoms with E-state index in [2.05, 4.69) is 38.2 Å². The molecular weight excluding hydrogens is 578 g/mol. The summed E-state index contributed by atoms with van der Waals surface area (Å²) < 4.78 is 12.9. The number of esters is 1. The lowest BCUT2D eigenvalue weighted by molar-refractivity contribution is -0.915. The zero-order chi connectivity index (χ0) is 31.7. The van der Waals surface area contributed by atoms with Gasteiger partial charge in [-0.3, -0.25) is 9.28 Å². The van der Waals surface area contributed by atoms with Gasteiger partial charge in [0.25, 0.3) is 0 Å². The summed E-state index contributed by atoms with van der Waals surface area (Å²) in [6.07, 6.45) is 26.3. The molecule has 2 aromatic carbocycles. The highest BCUT2D eigenvalue weighted by molar-refractivity contribution is 6.30. The summed E-state index contributed by atoms with van der Waals surface area (Å²) in [4.78, 5) is 12.7. The number of halogens is 1. The van der Waals surface area contributed by atoms with Crippen LogP contribution in [-0.2, 0) is 9.53 Å². The van der Waals surface area contributed by atoms with Crippen molar-refractivity contribution in [1.82, 2.24) is 0 Å². The largest absolute Gasteiger partial charge is 0.457 e. The van der Waals surface area contributed by atoms with Crippen LogP contribution in [0, 0.1) is 0 Å². The maximum Gasteiger partial charge on any atom is 0.310 e. The fourth-order valence-electron chi connectivity index (χ4n) is 7.56. The Labute approximate surface area is 279 Å². The minimum atomic E-state index is -0.0550. The summed E-state index contributed by atoms with van der Waals surface area (Å²) >= 11 is 6.42. The van der Waals surface area contributed by atoms with E-state index in [0.717, 1.165) is 48.0 Å². The number of nitrogens with zero attached hydrogens (tertiary/aromatic N) is 1. The average molecular weight is 639 g/mol. The van der Waals surface area contributed by atoms with Crippen molar-refractivity contribution in [3.63, 3.8) is 0 Å². The fraction of sp³-hybridized carbons (Fsp3) is 0.675. The molecule has 0 spiro atoms. The molecule has 1 saturated heterocycles. The third-order valence-electron chi connectivity index (χ3n) is 10.2. The summed E-state index contributed by atoms with van der Waals surface area (Å²) in [7, 11) is 2.22. The van der Waals surface area contributed by atoms with Crippen molar-refractivity contribution in [1.29, 1.82) is 0 Å². The molecule has 0 aliphatic carbocycles. The molecule has 0 amide bonds. The van der Waals surface area contributed by atoms with E-state index in [-0.39, 0.29) is 11.9 Å². The number of likely N-dealkylation sites (N-methyl/N-ethyl adjacent to an activating group) is 1. The highest BCUT2D eigenvalue weighted by Gasteiger charge is 2.48. The topological polar surface area (TPSA) is 35.5 Å². The Morgan fingerprint density at radius 2 is 1.20 bits per heavy atom. The van der Waals surface area contributed by atoms with Crippen molar-refractivity contribution in [3.05, 3.63) is 58.6 Å². The van der Waals surface area contributed by atoms with E-state index >= 15 is 0 Å².